The lowest BCUT2D eigenvalue weighted by atomic mass is 10.1. The first-order chi connectivity index (χ1) is 6.11. The Morgan fingerprint density at radius 2 is 2.31 bits per heavy atom. The molecule has 1 aromatic rings. The Hall–Kier alpha value is -1.03. The van der Waals surface area contributed by atoms with Crippen LogP contribution in [0.2, 0.25) is 0 Å². The number of carbonyl (C=O) groups excluding carboxylic acids is 1. The molecular weight excluding hydrogens is 232 g/mol. The number of primary amides is 1. The van der Waals surface area contributed by atoms with Crippen molar-refractivity contribution < 1.29 is 4.79 Å². The van der Waals surface area contributed by atoms with E-state index in [0.29, 0.717) is 6.54 Å². The molecule has 2 amide bonds. The van der Waals surface area contributed by atoms with Gasteiger partial charge in [-0.25, -0.2) is 4.79 Å². The van der Waals surface area contributed by atoms with Crippen molar-refractivity contribution in [1.29, 1.82) is 0 Å². The van der Waals surface area contributed by atoms with E-state index in [1.165, 1.54) is 0 Å². The second-order valence-electron chi connectivity index (χ2n) is 2.77. The molecule has 3 nitrogen and oxygen atoms in total. The molecule has 0 aliphatic heterocycles. The summed E-state index contributed by atoms with van der Waals surface area (Å²) in [6, 6.07) is 5.37. The predicted molar refractivity (Wildman–Crippen MR) is 55.3 cm³/mol. The summed E-state index contributed by atoms with van der Waals surface area (Å²) >= 11 is 3.44. The maximum atomic E-state index is 10.5. The molecule has 0 saturated heterocycles. The van der Waals surface area contributed by atoms with Crippen LogP contribution in [0, 0.1) is 6.92 Å². The Bertz CT molecular complexity index is 325. The van der Waals surface area contributed by atoms with Crippen molar-refractivity contribution in [3.8, 4) is 0 Å². The van der Waals surface area contributed by atoms with E-state index in [0.717, 1.165) is 15.6 Å². The largest absolute Gasteiger partial charge is 0.352 e. The van der Waals surface area contributed by atoms with E-state index < -0.39 is 6.03 Å². The minimum absolute atomic E-state index is 0.456. The molecule has 0 spiro atoms. The fraction of sp³-hybridized carbons (Fsp3) is 0.222. The van der Waals surface area contributed by atoms with Gasteiger partial charge < -0.3 is 11.1 Å². The Morgan fingerprint density at radius 1 is 1.62 bits per heavy atom. The highest BCUT2D eigenvalue weighted by molar-refractivity contribution is 9.10. The monoisotopic (exact) mass is 242 g/mol. The quantitative estimate of drug-likeness (QED) is 0.819. The van der Waals surface area contributed by atoms with E-state index in [2.05, 4.69) is 21.2 Å². The Balaban J connectivity index is 2.77. The molecule has 4 heteroatoms. The fourth-order valence-corrected chi connectivity index (χ4v) is 1.43. The summed E-state index contributed by atoms with van der Waals surface area (Å²) in [5.41, 5.74) is 7.13. The van der Waals surface area contributed by atoms with Gasteiger partial charge in [0, 0.05) is 11.0 Å². The zero-order chi connectivity index (χ0) is 9.84. The third-order valence-corrected chi connectivity index (χ3v) is 2.86. The number of carbonyl (C=O) groups is 1. The minimum Gasteiger partial charge on any atom is -0.352 e. The van der Waals surface area contributed by atoms with Crippen molar-refractivity contribution >= 4 is 22.0 Å². The van der Waals surface area contributed by atoms with E-state index in [4.69, 9.17) is 5.73 Å². The summed E-state index contributed by atoms with van der Waals surface area (Å²) in [5.74, 6) is 0. The van der Waals surface area contributed by atoms with Gasteiger partial charge >= 0.3 is 6.03 Å². The molecule has 3 N–H and O–H groups in total. The van der Waals surface area contributed by atoms with Crippen molar-refractivity contribution in [2.45, 2.75) is 13.5 Å². The summed E-state index contributed by atoms with van der Waals surface area (Å²) < 4.78 is 1.02. The molecule has 0 saturated carbocycles. The van der Waals surface area contributed by atoms with Gasteiger partial charge in [-0.2, -0.15) is 0 Å². The zero-order valence-corrected chi connectivity index (χ0v) is 8.89. The lowest BCUT2D eigenvalue weighted by Crippen LogP contribution is -2.28. The van der Waals surface area contributed by atoms with Crippen LogP contribution in [-0.2, 0) is 6.54 Å². The number of nitrogens with one attached hydrogen (secondary N) is 1. The summed E-state index contributed by atoms with van der Waals surface area (Å²) in [5, 5.41) is 2.54. The number of hydrogen-bond donors (Lipinski definition) is 2. The smallest absolute Gasteiger partial charge is 0.312 e. The van der Waals surface area contributed by atoms with Gasteiger partial charge in [0.1, 0.15) is 0 Å². The molecular formula is C9H11BrN2O. The van der Waals surface area contributed by atoms with Gasteiger partial charge in [0.25, 0.3) is 0 Å². The van der Waals surface area contributed by atoms with Gasteiger partial charge in [0.2, 0.25) is 0 Å². The highest BCUT2D eigenvalue weighted by Gasteiger charge is 2.02. The Labute approximate surface area is 85.4 Å². The molecule has 70 valence electrons. The van der Waals surface area contributed by atoms with E-state index in [1.807, 2.05) is 25.1 Å². The predicted octanol–water partition coefficient (Wildman–Crippen LogP) is 1.93. The van der Waals surface area contributed by atoms with Crippen LogP contribution in [0.25, 0.3) is 0 Å². The Morgan fingerprint density at radius 3 is 2.92 bits per heavy atom. The first kappa shape index (κ1) is 10.1. The topological polar surface area (TPSA) is 55.1 Å². The van der Waals surface area contributed by atoms with Crippen LogP contribution >= 0.6 is 15.9 Å². The third-order valence-electron chi connectivity index (χ3n) is 1.72. The zero-order valence-electron chi connectivity index (χ0n) is 7.30. The lowest BCUT2D eigenvalue weighted by molar-refractivity contribution is 0.248. The minimum atomic E-state index is -0.506. The van der Waals surface area contributed by atoms with Crippen LogP contribution in [0.5, 0.6) is 0 Å². The third kappa shape index (κ3) is 2.73. The number of urea groups is 1. The van der Waals surface area contributed by atoms with E-state index in [-0.39, 0.29) is 0 Å². The number of nitrogens with two attached hydrogens (primary N) is 1. The molecule has 0 atom stereocenters. The molecule has 0 bridgehead atoms. The van der Waals surface area contributed by atoms with Crippen LogP contribution < -0.4 is 11.1 Å². The van der Waals surface area contributed by atoms with E-state index in [1.54, 1.807) is 0 Å². The van der Waals surface area contributed by atoms with Crippen LogP contribution in [-0.4, -0.2) is 6.03 Å². The fourth-order valence-electron chi connectivity index (χ4n) is 1.03. The number of halogens is 1. The van der Waals surface area contributed by atoms with Gasteiger partial charge in [-0.15, -0.1) is 0 Å². The van der Waals surface area contributed by atoms with Crippen LogP contribution in [0.3, 0.4) is 0 Å². The van der Waals surface area contributed by atoms with Crippen LogP contribution in [0.4, 0.5) is 4.79 Å². The molecule has 1 aromatic carbocycles. The van der Waals surface area contributed by atoms with Gasteiger partial charge in [0.05, 0.1) is 0 Å². The van der Waals surface area contributed by atoms with Crippen molar-refractivity contribution in [2.24, 2.45) is 5.73 Å². The molecule has 1 rings (SSSR count). The second kappa shape index (κ2) is 4.28. The highest BCUT2D eigenvalue weighted by atomic mass is 79.9. The molecule has 0 radical (unpaired) electrons. The number of hydrogen-bond acceptors (Lipinski definition) is 1. The summed E-state index contributed by atoms with van der Waals surface area (Å²) in [4.78, 5) is 10.5. The molecule has 13 heavy (non-hydrogen) atoms. The summed E-state index contributed by atoms with van der Waals surface area (Å²) in [6.07, 6.45) is 0. The lowest BCUT2D eigenvalue weighted by Gasteiger charge is -2.06. The standard InChI is InChI=1S/C9H11BrN2O/c1-6-3-2-4-7(8(6)10)5-12-9(11)13/h2-4H,5H2,1H3,(H3,11,12,13). The molecule has 0 fully saturated rings. The second-order valence-corrected chi connectivity index (χ2v) is 3.56. The van der Waals surface area contributed by atoms with Crippen LogP contribution in [0.1, 0.15) is 11.1 Å². The molecule has 0 unspecified atom stereocenters. The first-order valence-electron chi connectivity index (χ1n) is 3.88. The SMILES string of the molecule is Cc1cccc(CNC(N)=O)c1Br. The van der Waals surface area contributed by atoms with Crippen molar-refractivity contribution in [2.75, 3.05) is 0 Å². The van der Waals surface area contributed by atoms with Crippen LogP contribution in [0.15, 0.2) is 22.7 Å². The van der Waals surface area contributed by atoms with E-state index in [9.17, 15) is 4.79 Å². The molecule has 0 aliphatic carbocycles. The number of amides is 2. The number of benzene rings is 1. The van der Waals surface area contributed by atoms with Crippen molar-refractivity contribution in [3.05, 3.63) is 33.8 Å². The van der Waals surface area contributed by atoms with Gasteiger partial charge in [-0.05, 0) is 18.1 Å². The van der Waals surface area contributed by atoms with Gasteiger partial charge in [0.15, 0.2) is 0 Å². The molecule has 0 aliphatic rings. The maximum Gasteiger partial charge on any atom is 0.312 e. The normalized spacial score (nSPS) is 9.69. The first-order valence-corrected chi connectivity index (χ1v) is 4.68. The average Bonchev–Trinajstić information content (AvgIpc) is 2.07. The van der Waals surface area contributed by atoms with E-state index >= 15 is 0 Å². The maximum absolute atomic E-state index is 10.5. The number of rotatable bonds is 2. The highest BCUT2D eigenvalue weighted by Crippen LogP contribution is 2.20. The molecule has 0 aromatic heterocycles. The Kier molecular flexibility index (Phi) is 3.31. The average molecular weight is 243 g/mol. The van der Waals surface area contributed by atoms with Gasteiger partial charge in [-0.3, -0.25) is 0 Å². The molecule has 0 heterocycles. The van der Waals surface area contributed by atoms with Gasteiger partial charge in [-0.1, -0.05) is 34.1 Å². The number of aryl methyl sites for hydroxylation is 1. The summed E-state index contributed by atoms with van der Waals surface area (Å²) in [7, 11) is 0. The van der Waals surface area contributed by atoms with Crippen molar-refractivity contribution in [3.63, 3.8) is 0 Å². The van der Waals surface area contributed by atoms with Crippen molar-refractivity contribution in [1.82, 2.24) is 5.32 Å². The summed E-state index contributed by atoms with van der Waals surface area (Å²) in [6.45, 7) is 2.45.